The van der Waals surface area contributed by atoms with Crippen LogP contribution in [0.15, 0.2) is 46.9 Å². The number of nitro groups is 1. The fourth-order valence-electron chi connectivity index (χ4n) is 3.60. The summed E-state index contributed by atoms with van der Waals surface area (Å²) in [5.41, 5.74) is -1.76. The molecule has 0 bridgehead atoms. The summed E-state index contributed by atoms with van der Waals surface area (Å²) in [5.74, 6) is -2.37. The van der Waals surface area contributed by atoms with Crippen molar-refractivity contribution < 1.29 is 27.6 Å². The van der Waals surface area contributed by atoms with Gasteiger partial charge in [-0.05, 0) is 38.3 Å². The first kappa shape index (κ1) is 24.9. The molecular formula is C21H24BrF3N2O4. The van der Waals surface area contributed by atoms with E-state index in [9.17, 15) is 28.1 Å². The average Bonchev–Trinajstić information content (AvgIpc) is 2.68. The minimum Gasteiger partial charge on any atom is -0.462 e. The second kappa shape index (κ2) is 10.8. The summed E-state index contributed by atoms with van der Waals surface area (Å²) < 4.78 is 46.3. The van der Waals surface area contributed by atoms with E-state index in [1.807, 2.05) is 0 Å². The molecule has 2 rings (SSSR count). The van der Waals surface area contributed by atoms with E-state index in [0.29, 0.717) is 6.42 Å². The lowest BCUT2D eigenvalue weighted by molar-refractivity contribution is -0.431. The number of ether oxygens (including phenoxy) is 1. The van der Waals surface area contributed by atoms with Crippen molar-refractivity contribution in [2.24, 2.45) is 0 Å². The molecule has 1 atom stereocenters. The normalized spacial score (nSPS) is 16.9. The molecule has 1 heterocycles. The van der Waals surface area contributed by atoms with E-state index in [4.69, 9.17) is 4.74 Å². The van der Waals surface area contributed by atoms with Crippen molar-refractivity contribution in [3.8, 4) is 0 Å². The maximum atomic E-state index is 13.7. The Kier molecular flexibility index (Phi) is 8.67. The van der Waals surface area contributed by atoms with Crippen LogP contribution in [0.5, 0.6) is 0 Å². The Morgan fingerprint density at radius 1 is 1.16 bits per heavy atom. The van der Waals surface area contributed by atoms with Gasteiger partial charge in [0.2, 0.25) is 0 Å². The highest BCUT2D eigenvalue weighted by Gasteiger charge is 2.45. The summed E-state index contributed by atoms with van der Waals surface area (Å²) in [5, 5.41) is 15.4. The lowest BCUT2D eigenvalue weighted by Crippen LogP contribution is -2.32. The number of carbonyl (C=O) groups is 1. The zero-order valence-corrected chi connectivity index (χ0v) is 18.8. The number of nitrogens with zero attached hydrogens (tertiary/aromatic N) is 1. The molecule has 1 aliphatic rings. The van der Waals surface area contributed by atoms with Crippen LogP contribution in [0.1, 0.15) is 56.6 Å². The highest BCUT2D eigenvalue weighted by atomic mass is 79.9. The number of dihydropyridines is 1. The third-order valence-corrected chi connectivity index (χ3v) is 5.54. The van der Waals surface area contributed by atoms with Crippen LogP contribution < -0.4 is 5.32 Å². The van der Waals surface area contributed by atoms with Crippen molar-refractivity contribution in [2.75, 3.05) is 11.9 Å². The molecule has 0 saturated carbocycles. The SMILES string of the molecule is CC1=C(C(=O)OCCCCCCBr)C(c2ccccc2C(F)(F)F)C([N+](=O)[O-])=C(C)N1. The molecule has 1 aliphatic heterocycles. The number of rotatable bonds is 9. The van der Waals surface area contributed by atoms with Gasteiger partial charge in [0.1, 0.15) is 5.92 Å². The van der Waals surface area contributed by atoms with Crippen LogP contribution in [0.3, 0.4) is 0 Å². The summed E-state index contributed by atoms with van der Waals surface area (Å²) >= 11 is 3.33. The number of halogens is 4. The minimum absolute atomic E-state index is 0.0794. The molecule has 1 aromatic carbocycles. The molecule has 0 fully saturated rings. The summed E-state index contributed by atoms with van der Waals surface area (Å²) in [7, 11) is 0. The van der Waals surface area contributed by atoms with Gasteiger partial charge in [-0.3, -0.25) is 10.1 Å². The van der Waals surface area contributed by atoms with Gasteiger partial charge in [0.05, 0.1) is 28.4 Å². The Hall–Kier alpha value is -2.36. The number of allylic oxidation sites excluding steroid dienone is 3. The molecule has 6 nitrogen and oxygen atoms in total. The van der Waals surface area contributed by atoms with E-state index >= 15 is 0 Å². The smallest absolute Gasteiger partial charge is 0.416 e. The van der Waals surface area contributed by atoms with Crippen LogP contribution >= 0.6 is 15.9 Å². The van der Waals surface area contributed by atoms with Gasteiger partial charge in [0.25, 0.3) is 5.70 Å². The molecule has 10 heteroatoms. The second-order valence-corrected chi connectivity index (χ2v) is 7.98. The first-order chi connectivity index (χ1) is 14.6. The maximum absolute atomic E-state index is 13.7. The van der Waals surface area contributed by atoms with Gasteiger partial charge in [-0.1, -0.05) is 47.0 Å². The lowest BCUT2D eigenvalue weighted by Gasteiger charge is -2.28. The topological polar surface area (TPSA) is 81.5 Å². The number of nitrogens with one attached hydrogen (secondary N) is 1. The molecule has 0 amide bonds. The van der Waals surface area contributed by atoms with Crippen molar-refractivity contribution >= 4 is 21.9 Å². The van der Waals surface area contributed by atoms with Crippen LogP contribution in [0.2, 0.25) is 0 Å². The molecule has 0 radical (unpaired) electrons. The third kappa shape index (κ3) is 6.09. The monoisotopic (exact) mass is 504 g/mol. The van der Waals surface area contributed by atoms with E-state index in [1.165, 1.54) is 26.0 Å². The van der Waals surface area contributed by atoms with Crippen molar-refractivity contribution in [3.63, 3.8) is 0 Å². The molecular weight excluding hydrogens is 481 g/mol. The highest BCUT2D eigenvalue weighted by molar-refractivity contribution is 9.09. The quantitative estimate of drug-likeness (QED) is 0.154. The van der Waals surface area contributed by atoms with Crippen molar-refractivity contribution in [3.05, 3.63) is 68.2 Å². The van der Waals surface area contributed by atoms with E-state index in [0.717, 1.165) is 36.7 Å². The summed E-state index contributed by atoms with van der Waals surface area (Å²) in [6.07, 6.45) is -1.39. The van der Waals surface area contributed by atoms with Gasteiger partial charge in [-0.25, -0.2) is 4.79 Å². The van der Waals surface area contributed by atoms with E-state index in [1.54, 1.807) is 0 Å². The number of esters is 1. The molecule has 0 saturated heterocycles. The predicted octanol–water partition coefficient (Wildman–Crippen LogP) is 5.67. The van der Waals surface area contributed by atoms with Crippen LogP contribution in [-0.4, -0.2) is 22.8 Å². The Bertz CT molecular complexity index is 897. The van der Waals surface area contributed by atoms with Crippen molar-refractivity contribution in [1.29, 1.82) is 0 Å². The standard InChI is InChI=1S/C21H24BrF3N2O4/c1-13-17(20(28)31-12-8-4-3-7-11-22)18(19(27(29)30)14(2)26-13)15-9-5-6-10-16(15)21(23,24)25/h5-6,9-10,18,26H,3-4,7-8,11-12H2,1-2H3. The summed E-state index contributed by atoms with van der Waals surface area (Å²) in [6.45, 7) is 2.98. The Morgan fingerprint density at radius 3 is 2.42 bits per heavy atom. The van der Waals surface area contributed by atoms with Gasteiger partial charge < -0.3 is 10.1 Å². The zero-order chi connectivity index (χ0) is 23.2. The molecule has 0 spiro atoms. The molecule has 0 aliphatic carbocycles. The number of hydrogen-bond donors (Lipinski definition) is 1. The minimum atomic E-state index is -4.74. The van der Waals surface area contributed by atoms with E-state index in [-0.39, 0.29) is 29.1 Å². The zero-order valence-electron chi connectivity index (χ0n) is 17.2. The summed E-state index contributed by atoms with van der Waals surface area (Å²) in [6, 6.07) is 4.59. The van der Waals surface area contributed by atoms with Gasteiger partial charge in [-0.2, -0.15) is 13.2 Å². The Morgan fingerprint density at radius 2 is 1.81 bits per heavy atom. The number of benzene rings is 1. The second-order valence-electron chi connectivity index (χ2n) is 7.19. The molecule has 31 heavy (non-hydrogen) atoms. The van der Waals surface area contributed by atoms with Crippen molar-refractivity contribution in [2.45, 2.75) is 51.6 Å². The largest absolute Gasteiger partial charge is 0.462 e. The van der Waals surface area contributed by atoms with Gasteiger partial charge >= 0.3 is 12.1 Å². The van der Waals surface area contributed by atoms with Gasteiger partial charge in [-0.15, -0.1) is 0 Å². The Balaban J connectivity index is 2.44. The number of carbonyl (C=O) groups excluding carboxylic acids is 1. The molecule has 0 aromatic heterocycles. The maximum Gasteiger partial charge on any atom is 0.416 e. The van der Waals surface area contributed by atoms with Crippen LogP contribution in [-0.2, 0) is 15.7 Å². The lowest BCUT2D eigenvalue weighted by atomic mass is 9.81. The highest BCUT2D eigenvalue weighted by Crippen LogP contribution is 2.44. The fraction of sp³-hybridized carbons (Fsp3) is 0.476. The summed E-state index contributed by atoms with van der Waals surface area (Å²) in [4.78, 5) is 23.9. The van der Waals surface area contributed by atoms with Gasteiger partial charge in [0.15, 0.2) is 0 Å². The van der Waals surface area contributed by atoms with Crippen LogP contribution in [0.25, 0.3) is 0 Å². The van der Waals surface area contributed by atoms with Crippen molar-refractivity contribution in [1.82, 2.24) is 5.32 Å². The van der Waals surface area contributed by atoms with Crippen LogP contribution in [0, 0.1) is 10.1 Å². The third-order valence-electron chi connectivity index (χ3n) is 4.98. The van der Waals surface area contributed by atoms with E-state index < -0.39 is 34.2 Å². The molecule has 1 aromatic rings. The average molecular weight is 505 g/mol. The van der Waals surface area contributed by atoms with Gasteiger partial charge in [0, 0.05) is 11.0 Å². The number of hydrogen-bond acceptors (Lipinski definition) is 5. The molecule has 1 unspecified atom stereocenters. The predicted molar refractivity (Wildman–Crippen MR) is 113 cm³/mol. The number of alkyl halides is 4. The first-order valence-electron chi connectivity index (χ1n) is 9.81. The van der Waals surface area contributed by atoms with E-state index in [2.05, 4.69) is 21.2 Å². The molecule has 1 N–H and O–H groups in total. The number of unbranched alkanes of at least 4 members (excludes halogenated alkanes) is 3. The first-order valence-corrected chi connectivity index (χ1v) is 10.9. The molecule has 170 valence electrons. The fourth-order valence-corrected chi connectivity index (χ4v) is 3.99. The Labute approximate surface area is 186 Å². The van der Waals surface area contributed by atoms with Crippen LogP contribution in [0.4, 0.5) is 13.2 Å².